The van der Waals surface area contributed by atoms with Crippen LogP contribution in [0.5, 0.6) is 0 Å². The molecular weight excluding hydrogens is 264 g/mol. The van der Waals surface area contributed by atoms with Gasteiger partial charge in [-0.2, -0.15) is 5.43 Å². The first-order chi connectivity index (χ1) is 9.63. The number of benzene rings is 1. The van der Waals surface area contributed by atoms with E-state index in [1.165, 1.54) is 7.11 Å². The number of hydrogen-bond donors (Lipinski definition) is 2. The Morgan fingerprint density at radius 3 is 2.40 bits per heavy atom. The van der Waals surface area contributed by atoms with E-state index in [1.807, 2.05) is 0 Å². The topological polar surface area (TPSA) is 100 Å². The van der Waals surface area contributed by atoms with Gasteiger partial charge in [0.15, 0.2) is 0 Å². The van der Waals surface area contributed by atoms with Gasteiger partial charge in [0.05, 0.1) is 18.2 Å². The second-order valence-corrected chi connectivity index (χ2v) is 4.14. The molecule has 2 amide bonds. The van der Waals surface area contributed by atoms with Gasteiger partial charge < -0.3 is 4.74 Å². The van der Waals surface area contributed by atoms with Crippen molar-refractivity contribution in [3.63, 3.8) is 0 Å². The van der Waals surface area contributed by atoms with Crippen molar-refractivity contribution in [1.29, 1.82) is 0 Å². The van der Waals surface area contributed by atoms with Crippen molar-refractivity contribution < 1.29 is 19.1 Å². The first-order valence-corrected chi connectivity index (χ1v) is 5.78. The van der Waals surface area contributed by atoms with E-state index in [1.54, 1.807) is 24.3 Å². The van der Waals surface area contributed by atoms with Crippen LogP contribution in [-0.4, -0.2) is 41.9 Å². The van der Waals surface area contributed by atoms with E-state index in [4.69, 9.17) is 0 Å². The number of imide groups is 1. The third kappa shape index (κ3) is 1.66. The average molecular weight is 274 g/mol. The molecule has 2 aliphatic heterocycles. The molecule has 0 unspecified atom stereocenters. The van der Waals surface area contributed by atoms with Gasteiger partial charge in [-0.3, -0.25) is 15.0 Å². The quantitative estimate of drug-likeness (QED) is 0.543. The number of rotatable bonds is 2. The monoisotopic (exact) mass is 274 g/mol. The number of nitrogens with zero attached hydrogens (tertiary/aromatic N) is 2. The maximum atomic E-state index is 12.2. The fraction of sp³-hybridized carbons (Fsp3) is 0.167. The number of aliphatic imine (C=N–C) groups is 1. The number of carbonyl (C=O) groups excluding carboxylic acids is 3. The molecule has 1 aromatic carbocycles. The summed E-state index contributed by atoms with van der Waals surface area (Å²) in [5.74, 6) is -1.69. The molecular formula is C12H10N4O4. The van der Waals surface area contributed by atoms with E-state index in [2.05, 4.69) is 20.6 Å². The molecule has 102 valence electrons. The van der Waals surface area contributed by atoms with Crippen molar-refractivity contribution in [3.8, 4) is 0 Å². The molecule has 8 heteroatoms. The molecule has 0 bridgehead atoms. The van der Waals surface area contributed by atoms with Crippen LogP contribution in [0.4, 0.5) is 0 Å². The number of ether oxygens (including phenoxy) is 1. The van der Waals surface area contributed by atoms with Crippen LogP contribution < -0.4 is 10.9 Å². The number of nitrogens with one attached hydrogen (secondary N) is 2. The van der Waals surface area contributed by atoms with Crippen LogP contribution in [0.3, 0.4) is 0 Å². The fourth-order valence-corrected chi connectivity index (χ4v) is 2.07. The first kappa shape index (κ1) is 12.3. The highest BCUT2D eigenvalue weighted by molar-refractivity contribution is 6.35. The Morgan fingerprint density at radius 2 is 1.85 bits per heavy atom. The number of hydrogen-bond acceptors (Lipinski definition) is 7. The van der Waals surface area contributed by atoms with Crippen molar-refractivity contribution in [3.05, 3.63) is 35.4 Å². The van der Waals surface area contributed by atoms with Crippen molar-refractivity contribution in [1.82, 2.24) is 15.8 Å². The second kappa shape index (κ2) is 4.42. The van der Waals surface area contributed by atoms with Crippen molar-refractivity contribution in [2.45, 2.75) is 6.29 Å². The summed E-state index contributed by atoms with van der Waals surface area (Å²) in [6.45, 7) is 0. The maximum Gasteiger partial charge on any atom is 0.374 e. The van der Waals surface area contributed by atoms with E-state index >= 15 is 0 Å². The summed E-state index contributed by atoms with van der Waals surface area (Å²) in [7, 11) is 1.21. The van der Waals surface area contributed by atoms with Gasteiger partial charge in [-0.15, -0.1) is 0 Å². The molecule has 3 rings (SSSR count). The second-order valence-electron chi connectivity index (χ2n) is 4.14. The fourth-order valence-electron chi connectivity index (χ4n) is 2.07. The van der Waals surface area contributed by atoms with Gasteiger partial charge in [0.1, 0.15) is 0 Å². The Balaban J connectivity index is 1.91. The highest BCUT2D eigenvalue weighted by atomic mass is 16.5. The third-order valence-electron chi connectivity index (χ3n) is 3.02. The molecule has 2 N–H and O–H groups in total. The van der Waals surface area contributed by atoms with Crippen LogP contribution in [0.1, 0.15) is 20.7 Å². The van der Waals surface area contributed by atoms with Gasteiger partial charge in [0.2, 0.25) is 12.1 Å². The van der Waals surface area contributed by atoms with Crippen LogP contribution in [0.25, 0.3) is 0 Å². The molecule has 2 aliphatic rings. The molecule has 0 aliphatic carbocycles. The van der Waals surface area contributed by atoms with Crippen LogP contribution in [-0.2, 0) is 9.53 Å². The van der Waals surface area contributed by atoms with Crippen molar-refractivity contribution in [2.24, 2.45) is 4.99 Å². The van der Waals surface area contributed by atoms with Crippen LogP contribution >= 0.6 is 0 Å². The molecule has 0 saturated heterocycles. The largest absolute Gasteiger partial charge is 0.463 e. The molecule has 20 heavy (non-hydrogen) atoms. The SMILES string of the molecule is COC(=O)C1=N[C@H](N2C(=O)c3ccccc3C2=O)NN1. The summed E-state index contributed by atoms with van der Waals surface area (Å²) in [5.41, 5.74) is 5.71. The van der Waals surface area contributed by atoms with Crippen LogP contribution in [0.15, 0.2) is 29.3 Å². The van der Waals surface area contributed by atoms with E-state index in [0.717, 1.165) is 4.90 Å². The smallest absolute Gasteiger partial charge is 0.374 e. The van der Waals surface area contributed by atoms with Gasteiger partial charge in [0.25, 0.3) is 11.8 Å². The van der Waals surface area contributed by atoms with Gasteiger partial charge in [-0.1, -0.05) is 12.1 Å². The molecule has 8 nitrogen and oxygen atoms in total. The van der Waals surface area contributed by atoms with E-state index < -0.39 is 24.1 Å². The molecule has 0 radical (unpaired) electrons. The summed E-state index contributed by atoms with van der Waals surface area (Å²) >= 11 is 0. The van der Waals surface area contributed by atoms with Gasteiger partial charge in [0, 0.05) is 0 Å². The zero-order chi connectivity index (χ0) is 14.3. The molecule has 0 spiro atoms. The molecule has 1 atom stereocenters. The minimum Gasteiger partial charge on any atom is -0.463 e. The predicted octanol–water partition coefficient (Wildman–Crippen LogP) is -0.755. The first-order valence-electron chi connectivity index (χ1n) is 5.78. The van der Waals surface area contributed by atoms with Gasteiger partial charge >= 0.3 is 5.97 Å². The van der Waals surface area contributed by atoms with Crippen LogP contribution in [0.2, 0.25) is 0 Å². The number of esters is 1. The number of hydrazine groups is 1. The van der Waals surface area contributed by atoms with E-state index in [0.29, 0.717) is 11.1 Å². The molecule has 0 saturated carbocycles. The zero-order valence-corrected chi connectivity index (χ0v) is 10.4. The number of fused-ring (bicyclic) bond motifs is 1. The summed E-state index contributed by atoms with van der Waals surface area (Å²) < 4.78 is 4.50. The minimum absolute atomic E-state index is 0.0888. The molecule has 0 aromatic heterocycles. The number of amides is 2. The van der Waals surface area contributed by atoms with Crippen molar-refractivity contribution in [2.75, 3.05) is 7.11 Å². The average Bonchev–Trinajstić information content (AvgIpc) is 3.03. The highest BCUT2D eigenvalue weighted by Gasteiger charge is 2.42. The molecule has 2 heterocycles. The van der Waals surface area contributed by atoms with Gasteiger partial charge in [-0.25, -0.2) is 14.7 Å². The number of carbonyl (C=O) groups is 3. The standard InChI is InChI=1S/C12H10N4O4/c1-20-11(19)8-13-12(15-14-8)16-9(17)6-4-2-3-5-7(6)10(16)18/h2-5,12,15H,1H3,(H,13,14)/t12-/m0/s1. The highest BCUT2D eigenvalue weighted by Crippen LogP contribution is 2.24. The summed E-state index contributed by atoms with van der Waals surface area (Å²) in [5, 5.41) is 0. The number of methoxy groups -OCH3 is 1. The minimum atomic E-state index is -0.975. The molecule has 0 fully saturated rings. The molecule has 1 aromatic rings. The Labute approximate surface area is 113 Å². The summed E-state index contributed by atoms with van der Waals surface area (Å²) in [4.78, 5) is 40.6. The Hall–Kier alpha value is -2.74. The Bertz CT molecular complexity index is 620. The lowest BCUT2D eigenvalue weighted by atomic mass is 10.1. The van der Waals surface area contributed by atoms with Gasteiger partial charge in [-0.05, 0) is 12.1 Å². The van der Waals surface area contributed by atoms with Crippen molar-refractivity contribution >= 4 is 23.6 Å². The predicted molar refractivity (Wildman–Crippen MR) is 66.5 cm³/mol. The Morgan fingerprint density at radius 1 is 1.25 bits per heavy atom. The zero-order valence-electron chi connectivity index (χ0n) is 10.4. The number of amidine groups is 1. The lowest BCUT2D eigenvalue weighted by molar-refractivity contribution is -0.132. The lowest BCUT2D eigenvalue weighted by Crippen LogP contribution is -2.49. The summed E-state index contributed by atoms with van der Waals surface area (Å²) in [6.07, 6.45) is -0.975. The normalized spacial score (nSPS) is 20.6. The summed E-state index contributed by atoms with van der Waals surface area (Å²) in [6, 6.07) is 6.50. The van der Waals surface area contributed by atoms with Crippen LogP contribution in [0, 0.1) is 0 Å². The van der Waals surface area contributed by atoms with E-state index in [-0.39, 0.29) is 5.84 Å². The Kier molecular flexibility index (Phi) is 2.72. The maximum absolute atomic E-state index is 12.2. The lowest BCUT2D eigenvalue weighted by Gasteiger charge is -2.18. The third-order valence-corrected chi connectivity index (χ3v) is 3.02. The van der Waals surface area contributed by atoms with E-state index in [9.17, 15) is 14.4 Å².